The summed E-state index contributed by atoms with van der Waals surface area (Å²) >= 11 is 7.46. The number of hydrogen-bond acceptors (Lipinski definition) is 6. The smallest absolute Gasteiger partial charge is 0.384 e. The Hall–Kier alpha value is -1.74. The van der Waals surface area contributed by atoms with Crippen LogP contribution in [-0.4, -0.2) is 28.0 Å². The van der Waals surface area contributed by atoms with Gasteiger partial charge in [0.05, 0.1) is 16.6 Å². The van der Waals surface area contributed by atoms with E-state index in [2.05, 4.69) is 33.7 Å². The number of fused-ring (bicyclic) bond motifs is 1. The van der Waals surface area contributed by atoms with Crippen LogP contribution in [-0.2, 0) is 6.18 Å². The Morgan fingerprint density at radius 2 is 1.89 bits per heavy atom. The molecule has 0 aliphatic carbocycles. The van der Waals surface area contributed by atoms with Crippen LogP contribution in [0.3, 0.4) is 0 Å². The van der Waals surface area contributed by atoms with E-state index in [1.807, 2.05) is 20.0 Å². The predicted octanol–water partition coefficient (Wildman–Crippen LogP) is 4.92. The minimum atomic E-state index is -4.58. The molecule has 0 spiro atoms. The molecule has 0 saturated carbocycles. The number of aromatic nitrogens is 3. The van der Waals surface area contributed by atoms with E-state index in [0.717, 1.165) is 29.1 Å². The first kappa shape index (κ1) is 20.0. The molecule has 0 radical (unpaired) electrons. The van der Waals surface area contributed by atoms with Crippen LogP contribution in [0.15, 0.2) is 17.3 Å². The molecule has 3 unspecified atom stereocenters. The molecule has 3 atom stereocenters. The number of halogens is 4. The van der Waals surface area contributed by atoms with Gasteiger partial charge in [-0.15, -0.1) is 0 Å². The van der Waals surface area contributed by atoms with Gasteiger partial charge in [-0.2, -0.15) is 13.2 Å². The number of rotatable bonds is 3. The quantitative estimate of drug-likeness (QED) is 0.434. The number of likely N-dealkylation sites (N-methyl/N-ethyl adjacent to an activating group) is 1. The highest BCUT2D eigenvalue weighted by Gasteiger charge is 2.35. The van der Waals surface area contributed by atoms with Crippen molar-refractivity contribution in [1.29, 1.82) is 0 Å². The lowest BCUT2D eigenvalue weighted by atomic mass is 9.98. The van der Waals surface area contributed by atoms with Gasteiger partial charge in [-0.1, -0.05) is 30.3 Å². The maximum absolute atomic E-state index is 12.9. The molecule has 146 valence electrons. The average Bonchev–Trinajstić information content (AvgIpc) is 2.78. The van der Waals surface area contributed by atoms with Crippen LogP contribution in [0.5, 0.6) is 0 Å². The van der Waals surface area contributed by atoms with Gasteiger partial charge >= 0.3 is 6.18 Å². The van der Waals surface area contributed by atoms with Gasteiger partial charge in [0, 0.05) is 25.1 Å². The van der Waals surface area contributed by atoms with E-state index in [9.17, 15) is 13.2 Å². The Labute approximate surface area is 164 Å². The number of pyridine rings is 1. The van der Waals surface area contributed by atoms with Gasteiger partial charge in [0.2, 0.25) is 0 Å². The summed E-state index contributed by atoms with van der Waals surface area (Å²) in [4.78, 5) is 14.0. The number of thioether (sulfide) groups is 1. The normalized spacial score (nSPS) is 20.7. The second-order valence-corrected chi connectivity index (χ2v) is 8.30. The summed E-state index contributed by atoms with van der Waals surface area (Å²) < 4.78 is 38.8. The molecule has 0 saturated heterocycles. The molecule has 2 N–H and O–H groups in total. The third kappa shape index (κ3) is 3.80. The lowest BCUT2D eigenvalue weighted by Gasteiger charge is -2.21. The van der Waals surface area contributed by atoms with Crippen LogP contribution in [0, 0.1) is 0 Å². The zero-order chi connectivity index (χ0) is 20.1. The lowest BCUT2D eigenvalue weighted by molar-refractivity contribution is -0.141. The number of nitrogens with zero attached hydrogens (tertiary/aromatic N) is 4. The molecule has 3 rings (SSSR count). The molecule has 1 aliphatic heterocycles. The zero-order valence-corrected chi connectivity index (χ0v) is 16.7. The van der Waals surface area contributed by atoms with Gasteiger partial charge in [0.15, 0.2) is 16.0 Å². The van der Waals surface area contributed by atoms with Crippen LogP contribution < -0.4 is 10.6 Å². The molecule has 5 nitrogen and oxygen atoms in total. The summed E-state index contributed by atoms with van der Waals surface area (Å²) in [5.74, 6) is 0.0398. The van der Waals surface area contributed by atoms with E-state index in [1.54, 1.807) is 0 Å². The highest BCUT2D eigenvalue weighted by atomic mass is 35.5. The van der Waals surface area contributed by atoms with Crippen LogP contribution in [0.25, 0.3) is 0 Å². The second kappa shape index (κ2) is 7.01. The Balaban J connectivity index is 1.91. The minimum Gasteiger partial charge on any atom is -0.384 e. The molecular weight excluding hydrogens is 399 g/mol. The number of alkyl halides is 3. The van der Waals surface area contributed by atoms with E-state index in [0.29, 0.717) is 10.8 Å². The van der Waals surface area contributed by atoms with Crippen molar-refractivity contribution >= 4 is 34.9 Å². The summed E-state index contributed by atoms with van der Waals surface area (Å²) in [6, 6.07) is 2.96. The van der Waals surface area contributed by atoms with E-state index in [-0.39, 0.29) is 28.2 Å². The fraction of sp³-hybridized carbons (Fsp3) is 0.471. The molecule has 27 heavy (non-hydrogen) atoms. The Bertz CT molecular complexity index is 876. The van der Waals surface area contributed by atoms with Gasteiger partial charge < -0.3 is 10.6 Å². The third-order valence-electron chi connectivity index (χ3n) is 4.89. The maximum Gasteiger partial charge on any atom is 0.433 e. The van der Waals surface area contributed by atoms with Crippen LogP contribution in [0.4, 0.5) is 24.7 Å². The largest absolute Gasteiger partial charge is 0.433 e. The maximum atomic E-state index is 12.9. The molecule has 0 amide bonds. The molecule has 2 aromatic rings. The number of nitrogen functional groups attached to an aromatic ring is 1. The first-order chi connectivity index (χ1) is 12.5. The highest BCUT2D eigenvalue weighted by Crippen LogP contribution is 2.45. The SMILES string of the molecule is CC(Sc1nc(N)cc(C(F)(F)F)n1)c1cc2c(c(Cl)n1)N(C)C(C)C2C. The Morgan fingerprint density at radius 3 is 2.52 bits per heavy atom. The third-order valence-corrected chi connectivity index (χ3v) is 6.14. The summed E-state index contributed by atoms with van der Waals surface area (Å²) in [7, 11) is 1.97. The van der Waals surface area contributed by atoms with Crippen molar-refractivity contribution < 1.29 is 13.2 Å². The number of hydrogen-bond donors (Lipinski definition) is 1. The number of anilines is 2. The monoisotopic (exact) mass is 417 g/mol. The number of nitrogens with two attached hydrogens (primary N) is 1. The summed E-state index contributed by atoms with van der Waals surface area (Å²) in [5.41, 5.74) is 7.09. The lowest BCUT2D eigenvalue weighted by Crippen LogP contribution is -2.26. The molecular formula is C17H19ClF3N5S. The van der Waals surface area contributed by atoms with Gasteiger partial charge in [0.25, 0.3) is 0 Å². The van der Waals surface area contributed by atoms with Gasteiger partial charge in [-0.3, -0.25) is 0 Å². The average molecular weight is 418 g/mol. The van der Waals surface area contributed by atoms with Gasteiger partial charge in [-0.05, 0) is 25.5 Å². The second-order valence-electron chi connectivity index (χ2n) is 6.63. The van der Waals surface area contributed by atoms with Gasteiger partial charge in [0.1, 0.15) is 5.82 Å². The Kier molecular flexibility index (Phi) is 5.20. The molecule has 0 bridgehead atoms. The molecule has 3 heterocycles. The standard InChI is InChI=1S/C17H19ClF3N5S/c1-7-8(2)26(4)14-10(7)5-11(23-15(14)18)9(3)27-16-24-12(17(19,20)21)6-13(22)25-16/h5-9H,1-4H3,(H2,22,24,25). The fourth-order valence-corrected chi connectivity index (χ4v) is 4.32. The molecule has 0 fully saturated rings. The van der Waals surface area contributed by atoms with Crippen LogP contribution in [0.1, 0.15) is 48.9 Å². The van der Waals surface area contributed by atoms with E-state index >= 15 is 0 Å². The summed E-state index contributed by atoms with van der Waals surface area (Å²) in [5, 5.41) is 0.0361. The molecule has 1 aliphatic rings. The summed E-state index contributed by atoms with van der Waals surface area (Å²) in [6.45, 7) is 6.04. The molecule has 10 heteroatoms. The van der Waals surface area contributed by atoms with Crippen LogP contribution in [0.2, 0.25) is 5.15 Å². The van der Waals surface area contributed by atoms with Gasteiger partial charge in [-0.25, -0.2) is 15.0 Å². The van der Waals surface area contributed by atoms with Crippen molar-refractivity contribution in [2.75, 3.05) is 17.7 Å². The van der Waals surface area contributed by atoms with E-state index in [1.165, 1.54) is 0 Å². The van der Waals surface area contributed by atoms with Crippen LogP contribution >= 0.6 is 23.4 Å². The molecule has 0 aromatic carbocycles. The first-order valence-electron chi connectivity index (χ1n) is 8.30. The van der Waals surface area contributed by atoms with E-state index in [4.69, 9.17) is 17.3 Å². The van der Waals surface area contributed by atoms with Crippen molar-refractivity contribution in [2.24, 2.45) is 0 Å². The minimum absolute atomic E-state index is 0.0493. The zero-order valence-electron chi connectivity index (χ0n) is 15.2. The Morgan fingerprint density at radius 1 is 1.22 bits per heavy atom. The van der Waals surface area contributed by atoms with Crippen molar-refractivity contribution in [2.45, 2.75) is 49.3 Å². The summed E-state index contributed by atoms with van der Waals surface area (Å²) in [6.07, 6.45) is -4.58. The topological polar surface area (TPSA) is 67.9 Å². The first-order valence-corrected chi connectivity index (χ1v) is 9.56. The molecule has 2 aromatic heterocycles. The van der Waals surface area contributed by atoms with Crippen molar-refractivity contribution in [3.05, 3.63) is 34.2 Å². The highest BCUT2D eigenvalue weighted by molar-refractivity contribution is 7.99. The van der Waals surface area contributed by atoms with E-state index < -0.39 is 11.9 Å². The van der Waals surface area contributed by atoms with Crippen molar-refractivity contribution in [3.8, 4) is 0 Å². The fourth-order valence-electron chi connectivity index (χ4n) is 3.11. The van der Waals surface area contributed by atoms with Crippen molar-refractivity contribution in [1.82, 2.24) is 15.0 Å². The predicted molar refractivity (Wildman–Crippen MR) is 101 cm³/mol. The van der Waals surface area contributed by atoms with Crippen molar-refractivity contribution in [3.63, 3.8) is 0 Å².